The van der Waals surface area contributed by atoms with E-state index in [1.807, 2.05) is 18.2 Å². The Balaban J connectivity index is 1.24. The lowest BCUT2D eigenvalue weighted by Crippen LogP contribution is -2.49. The Morgan fingerprint density at radius 2 is 2.00 bits per heavy atom. The van der Waals surface area contributed by atoms with E-state index in [-0.39, 0.29) is 35.2 Å². The van der Waals surface area contributed by atoms with Gasteiger partial charge in [-0.25, -0.2) is 14.2 Å². The van der Waals surface area contributed by atoms with Crippen LogP contribution in [-0.4, -0.2) is 70.3 Å². The highest BCUT2D eigenvalue weighted by molar-refractivity contribution is 7.94. The minimum Gasteiger partial charge on any atom is -0.490 e. The number of carbonyl (C=O) groups is 2. The van der Waals surface area contributed by atoms with Gasteiger partial charge in [-0.2, -0.15) is 4.36 Å². The van der Waals surface area contributed by atoms with Crippen LogP contribution in [0.25, 0.3) is 0 Å². The van der Waals surface area contributed by atoms with Crippen LogP contribution in [0, 0.1) is 11.8 Å². The van der Waals surface area contributed by atoms with Gasteiger partial charge in [0, 0.05) is 60.8 Å². The molecule has 2 aromatic carbocycles. The second-order valence-electron chi connectivity index (χ2n) is 14.4. The van der Waals surface area contributed by atoms with Gasteiger partial charge < -0.3 is 14.4 Å². The molecule has 0 unspecified atom stereocenters. The van der Waals surface area contributed by atoms with Crippen LogP contribution in [0.3, 0.4) is 0 Å². The Kier molecular flexibility index (Phi) is 10.4. The van der Waals surface area contributed by atoms with Crippen molar-refractivity contribution in [2.24, 2.45) is 16.2 Å². The fraction of sp³-hybridized carbons (Fsp3) is 0.487. The topological polar surface area (TPSA) is 111 Å². The number of fused-ring (bicyclic) bond motifs is 4. The van der Waals surface area contributed by atoms with E-state index < -0.39 is 15.6 Å². The third kappa shape index (κ3) is 7.53. The zero-order valence-corrected chi connectivity index (χ0v) is 30.2. The zero-order chi connectivity index (χ0) is 34.7. The summed E-state index contributed by atoms with van der Waals surface area (Å²) in [6.07, 6.45) is 16.0. The number of hydrogen-bond donors (Lipinski definition) is 0. The van der Waals surface area contributed by atoms with E-state index in [2.05, 4.69) is 43.5 Å². The van der Waals surface area contributed by atoms with Crippen molar-refractivity contribution in [1.29, 1.82) is 0 Å². The molecule has 1 aromatic heterocycles. The number of anilines is 1. The Morgan fingerprint density at radius 3 is 2.80 bits per heavy atom. The molecule has 1 fully saturated rings. The fourth-order valence-electron chi connectivity index (χ4n) is 8.26. The fourth-order valence-corrected chi connectivity index (χ4v) is 10.4. The molecule has 1 spiro atoms. The molecule has 7 rings (SSSR count). The largest absolute Gasteiger partial charge is 0.490 e. The summed E-state index contributed by atoms with van der Waals surface area (Å²) >= 11 is 6.45. The number of halogens is 1. The first-order chi connectivity index (χ1) is 24.2. The minimum atomic E-state index is -3.17. The Morgan fingerprint density at radius 1 is 1.14 bits per heavy atom. The van der Waals surface area contributed by atoms with Crippen LogP contribution in [0.2, 0.25) is 5.02 Å². The van der Waals surface area contributed by atoms with E-state index in [0.29, 0.717) is 43.3 Å². The van der Waals surface area contributed by atoms with Crippen LogP contribution < -0.4 is 9.64 Å². The Bertz CT molecular complexity index is 1890. The second-order valence-corrected chi connectivity index (χ2v) is 17.2. The van der Waals surface area contributed by atoms with Gasteiger partial charge in [-0.1, -0.05) is 29.8 Å². The number of amides is 1. The maximum absolute atomic E-state index is 14.3. The molecule has 0 saturated heterocycles. The van der Waals surface area contributed by atoms with E-state index >= 15 is 0 Å². The Labute approximate surface area is 300 Å². The molecule has 3 heterocycles. The molecular formula is C39H45ClN4O5S. The van der Waals surface area contributed by atoms with Crippen molar-refractivity contribution in [3.63, 3.8) is 0 Å². The van der Waals surface area contributed by atoms with Crippen LogP contribution in [0.4, 0.5) is 5.69 Å². The number of ether oxygens (including phenoxy) is 2. The Hall–Kier alpha value is -3.60. The van der Waals surface area contributed by atoms with E-state index in [9.17, 15) is 13.8 Å². The van der Waals surface area contributed by atoms with Gasteiger partial charge in [0.05, 0.1) is 33.9 Å². The number of aromatic nitrogens is 2. The summed E-state index contributed by atoms with van der Waals surface area (Å²) in [6, 6.07) is 11.7. The predicted molar refractivity (Wildman–Crippen MR) is 196 cm³/mol. The van der Waals surface area contributed by atoms with Crippen molar-refractivity contribution in [3.8, 4) is 5.75 Å². The lowest BCUT2D eigenvalue weighted by molar-refractivity contribution is -0.116. The van der Waals surface area contributed by atoms with E-state index in [1.54, 1.807) is 25.6 Å². The molecule has 50 heavy (non-hydrogen) atoms. The van der Waals surface area contributed by atoms with Crippen LogP contribution in [0.1, 0.15) is 72.0 Å². The molecule has 2 aliphatic heterocycles. The van der Waals surface area contributed by atoms with Crippen LogP contribution >= 0.6 is 11.6 Å². The molecule has 0 N–H and O–H groups in total. The quantitative estimate of drug-likeness (QED) is 0.256. The van der Waals surface area contributed by atoms with Gasteiger partial charge in [-0.05, 0) is 110 Å². The lowest BCUT2D eigenvalue weighted by atomic mass is 9.68. The third-order valence-corrected chi connectivity index (χ3v) is 13.4. The SMILES string of the molecule is CO[C@H]1/C=C/CCC[S@@](=O)(CC(=O)CCc2cncnc2)=NC(=O)c2ccc3c(c2)N(C[C@@H]2CC[C@H]21)C[C@@]1(CCCc2cc(Cl)ccc21)CO3. The standard InChI is InChI=1S/C39H45ClN4O5S/c1-48-36-7-3-2-4-17-50(47,23-32(45)12-8-27-20-41-26-42-21-27)43-38(46)29-10-15-37-35(19-29)44(22-30-9-13-33(30)36)24-39(25-49-37)16-5-6-28-18-31(40)11-14-34(28)39/h3,7,10-11,14-15,18-21,26,30,33,36H,2,4-6,8-9,12-13,16-17,22-25H2,1H3/b7-3+/t30-,33+,36-,39-,50+/m0/s1. The number of hydrogen-bond acceptors (Lipinski definition) is 8. The minimum absolute atomic E-state index is 0.0265. The first kappa shape index (κ1) is 34.8. The highest BCUT2D eigenvalue weighted by Crippen LogP contribution is 2.47. The van der Waals surface area contributed by atoms with E-state index in [4.69, 9.17) is 21.1 Å². The average molecular weight is 717 g/mol. The van der Waals surface area contributed by atoms with E-state index in [0.717, 1.165) is 67.2 Å². The predicted octanol–water partition coefficient (Wildman–Crippen LogP) is 6.80. The number of nitrogens with zero attached hydrogens (tertiary/aromatic N) is 4. The summed E-state index contributed by atoms with van der Waals surface area (Å²) < 4.78 is 31.4. The first-order valence-corrected chi connectivity index (χ1v) is 20.0. The smallest absolute Gasteiger partial charge is 0.285 e. The average Bonchev–Trinajstić information content (AvgIpc) is 3.25. The summed E-state index contributed by atoms with van der Waals surface area (Å²) in [5.74, 6) is 0.609. The van der Waals surface area contributed by atoms with Crippen LogP contribution in [0.5, 0.6) is 5.75 Å². The molecule has 1 saturated carbocycles. The number of aryl methyl sites for hydroxylation is 2. The summed E-state index contributed by atoms with van der Waals surface area (Å²) in [4.78, 5) is 37.5. The zero-order valence-electron chi connectivity index (χ0n) is 28.6. The normalized spacial score (nSPS) is 28.6. The summed E-state index contributed by atoms with van der Waals surface area (Å²) in [7, 11) is -1.40. The maximum Gasteiger partial charge on any atom is 0.285 e. The summed E-state index contributed by atoms with van der Waals surface area (Å²) in [5.41, 5.74) is 4.33. The van der Waals surface area contributed by atoms with Gasteiger partial charge in [-0.15, -0.1) is 0 Å². The first-order valence-electron chi connectivity index (χ1n) is 17.8. The van der Waals surface area contributed by atoms with Crippen molar-refractivity contribution in [1.82, 2.24) is 9.97 Å². The van der Waals surface area contributed by atoms with Gasteiger partial charge in [0.25, 0.3) is 5.91 Å². The van der Waals surface area contributed by atoms with Gasteiger partial charge in [0.15, 0.2) is 0 Å². The third-order valence-electron chi connectivity index (χ3n) is 11.0. The lowest BCUT2D eigenvalue weighted by Gasteiger charge is -2.46. The number of rotatable bonds is 6. The molecule has 0 radical (unpaired) electrons. The molecule has 1 amide bonds. The second kappa shape index (κ2) is 14.9. The van der Waals surface area contributed by atoms with Gasteiger partial charge in [0.2, 0.25) is 0 Å². The molecule has 3 aromatic rings. The molecule has 264 valence electrons. The van der Waals surface area contributed by atoms with Crippen molar-refractivity contribution < 1.29 is 23.3 Å². The van der Waals surface area contributed by atoms with Gasteiger partial charge in [-0.3, -0.25) is 9.59 Å². The van der Waals surface area contributed by atoms with Crippen molar-refractivity contribution in [2.45, 2.75) is 69.3 Å². The number of carbonyl (C=O) groups excluding carboxylic acids is 2. The highest BCUT2D eigenvalue weighted by Gasteiger charge is 2.44. The van der Waals surface area contributed by atoms with E-state index in [1.165, 1.54) is 17.5 Å². The van der Waals surface area contributed by atoms with Crippen molar-refractivity contribution in [3.05, 3.63) is 94.5 Å². The molecule has 11 heteroatoms. The monoisotopic (exact) mass is 716 g/mol. The van der Waals surface area contributed by atoms with Crippen LogP contribution in [0.15, 0.2) is 71.6 Å². The number of allylic oxidation sites excluding steroid dienone is 1. The molecule has 4 aliphatic rings. The van der Waals surface area contributed by atoms with Gasteiger partial charge in [0.1, 0.15) is 17.9 Å². The molecule has 9 nitrogen and oxygen atoms in total. The number of benzene rings is 2. The molecule has 2 bridgehead atoms. The molecule has 5 atom stereocenters. The maximum atomic E-state index is 14.3. The highest BCUT2D eigenvalue weighted by atomic mass is 35.5. The number of methoxy groups -OCH3 is 1. The summed E-state index contributed by atoms with van der Waals surface area (Å²) in [5, 5.41) is 0.746. The van der Waals surface area contributed by atoms with Crippen LogP contribution in [-0.2, 0) is 37.5 Å². The summed E-state index contributed by atoms with van der Waals surface area (Å²) in [6.45, 7) is 2.05. The number of ketones is 1. The number of Topliss-reactive ketones (excluding diaryl/α,β-unsaturated/α-hetero) is 1. The molecule has 2 aliphatic carbocycles. The van der Waals surface area contributed by atoms with Gasteiger partial charge >= 0.3 is 0 Å². The van der Waals surface area contributed by atoms with Crippen molar-refractivity contribution >= 4 is 38.7 Å². The molecular weight excluding hydrogens is 672 g/mol. The van der Waals surface area contributed by atoms with Crippen molar-refractivity contribution in [2.75, 3.05) is 43.2 Å².